The van der Waals surface area contributed by atoms with Crippen LogP contribution in [0, 0.1) is 0 Å². The van der Waals surface area contributed by atoms with Gasteiger partial charge in [-0.05, 0) is 72.8 Å². The van der Waals surface area contributed by atoms with Crippen LogP contribution in [0.15, 0.2) is 152 Å². The summed E-state index contributed by atoms with van der Waals surface area (Å²) in [7, 11) is 0. The van der Waals surface area contributed by atoms with Crippen LogP contribution in [0.5, 0.6) is 0 Å². The van der Waals surface area contributed by atoms with Gasteiger partial charge >= 0.3 is 0 Å². The largest absolute Gasteiger partial charge is 0.306 e. The summed E-state index contributed by atoms with van der Waals surface area (Å²) in [4.78, 5) is 12.5. The third-order valence-corrected chi connectivity index (χ3v) is 8.25. The minimum Gasteiger partial charge on any atom is -0.306 e. The van der Waals surface area contributed by atoms with Crippen molar-refractivity contribution < 1.29 is 0 Å². The van der Waals surface area contributed by atoms with Gasteiger partial charge in [0.15, 0.2) is 0 Å². The number of benzene rings is 6. The highest BCUT2D eigenvalue weighted by Gasteiger charge is 2.29. The molecule has 0 fully saturated rings. The van der Waals surface area contributed by atoms with Crippen LogP contribution in [0.1, 0.15) is 0 Å². The van der Waals surface area contributed by atoms with Crippen molar-refractivity contribution in [3.05, 3.63) is 152 Å². The van der Waals surface area contributed by atoms with Gasteiger partial charge < -0.3 is 4.90 Å². The van der Waals surface area contributed by atoms with E-state index in [4.69, 9.17) is 9.97 Å². The van der Waals surface area contributed by atoms with Crippen LogP contribution in [-0.4, -0.2) is 19.1 Å². The van der Waals surface area contributed by atoms with Crippen molar-refractivity contribution in [1.82, 2.24) is 19.1 Å². The van der Waals surface area contributed by atoms with Gasteiger partial charge in [-0.1, -0.05) is 78.9 Å². The van der Waals surface area contributed by atoms with Gasteiger partial charge in [-0.2, -0.15) is 0 Å². The minimum atomic E-state index is 0.922. The molecule has 0 N–H and O–H groups in total. The van der Waals surface area contributed by atoms with E-state index in [9.17, 15) is 0 Å². The van der Waals surface area contributed by atoms with Crippen LogP contribution in [0.4, 0.5) is 17.1 Å². The zero-order valence-corrected chi connectivity index (χ0v) is 23.2. The molecule has 8 aromatic rings. The zero-order valence-electron chi connectivity index (χ0n) is 23.2. The average molecular weight is 552 g/mol. The molecule has 0 bridgehead atoms. The quantitative estimate of drug-likeness (QED) is 0.219. The summed E-state index contributed by atoms with van der Waals surface area (Å²) in [5.41, 5.74) is 11.8. The van der Waals surface area contributed by atoms with E-state index >= 15 is 0 Å². The molecule has 6 aromatic carbocycles. The normalized spacial score (nSPS) is 12.1. The van der Waals surface area contributed by atoms with Gasteiger partial charge in [-0.3, -0.25) is 9.13 Å². The fraction of sp³-hybridized carbons (Fsp3) is 0. The number of nitrogens with zero attached hydrogens (tertiary/aromatic N) is 5. The molecule has 0 amide bonds. The Hall–Kier alpha value is -5.94. The molecular formula is C38H25N5. The van der Waals surface area contributed by atoms with Crippen LogP contribution < -0.4 is 4.90 Å². The Kier molecular flexibility index (Phi) is 5.13. The molecule has 0 spiro atoms. The molecule has 1 aliphatic rings. The lowest BCUT2D eigenvalue weighted by Crippen LogP contribution is -2.18. The Morgan fingerprint density at radius 3 is 1.77 bits per heavy atom. The van der Waals surface area contributed by atoms with Crippen LogP contribution in [0.25, 0.3) is 56.2 Å². The summed E-state index contributed by atoms with van der Waals surface area (Å²) in [6, 6.07) is 52.9. The Morgan fingerprint density at radius 2 is 0.953 bits per heavy atom. The molecule has 43 heavy (non-hydrogen) atoms. The van der Waals surface area contributed by atoms with E-state index in [-0.39, 0.29) is 0 Å². The molecular weight excluding hydrogens is 526 g/mol. The fourth-order valence-electron chi connectivity index (χ4n) is 6.37. The first kappa shape index (κ1) is 23.7. The van der Waals surface area contributed by atoms with Crippen molar-refractivity contribution in [1.29, 1.82) is 0 Å². The SMILES string of the molecule is c1ccc(-c2nc3cccc4c3n2-c2ccccc2N4c2ccc(-c3nc4ccccc4n3-c3ccccc3)cc2)cc1. The highest BCUT2D eigenvalue weighted by Crippen LogP contribution is 2.48. The number of rotatable bonds is 4. The van der Waals surface area contributed by atoms with Gasteiger partial charge in [0, 0.05) is 22.5 Å². The van der Waals surface area contributed by atoms with Crippen LogP contribution in [0.2, 0.25) is 0 Å². The molecule has 0 saturated carbocycles. The van der Waals surface area contributed by atoms with E-state index in [1.54, 1.807) is 0 Å². The maximum atomic E-state index is 5.12. The van der Waals surface area contributed by atoms with Crippen molar-refractivity contribution in [3.63, 3.8) is 0 Å². The molecule has 2 aromatic heterocycles. The molecule has 1 aliphatic heterocycles. The van der Waals surface area contributed by atoms with Crippen LogP contribution in [0.3, 0.4) is 0 Å². The van der Waals surface area contributed by atoms with Gasteiger partial charge in [0.05, 0.1) is 39.1 Å². The van der Waals surface area contributed by atoms with Crippen molar-refractivity contribution in [3.8, 4) is 34.2 Å². The van der Waals surface area contributed by atoms with Crippen molar-refractivity contribution in [2.24, 2.45) is 0 Å². The Bertz CT molecular complexity index is 2280. The molecule has 0 unspecified atom stereocenters. The molecule has 0 atom stereocenters. The summed E-state index contributed by atoms with van der Waals surface area (Å²) >= 11 is 0. The van der Waals surface area contributed by atoms with E-state index in [2.05, 4.69) is 147 Å². The summed E-state index contributed by atoms with van der Waals surface area (Å²) in [6.07, 6.45) is 0. The number of anilines is 3. The second-order valence-corrected chi connectivity index (χ2v) is 10.7. The van der Waals surface area contributed by atoms with Crippen LogP contribution in [-0.2, 0) is 0 Å². The summed E-state index contributed by atoms with van der Waals surface area (Å²) < 4.78 is 4.55. The number of fused-ring (bicyclic) bond motifs is 3. The Balaban J connectivity index is 1.22. The highest BCUT2D eigenvalue weighted by molar-refractivity contribution is 6.03. The van der Waals surface area contributed by atoms with Crippen LogP contribution >= 0.6 is 0 Å². The standard InChI is InChI=1S/C38H25N5/c1-3-12-26(13-4-1)38-40-31-17-11-21-35-36(31)43(38)34-20-10-9-19-33(34)41(35)29-24-22-27(23-25-29)37-39-30-16-7-8-18-32(30)42(37)28-14-5-2-6-15-28/h1-25H. The van der Waals surface area contributed by atoms with E-state index in [1.165, 1.54) is 0 Å². The fourth-order valence-corrected chi connectivity index (χ4v) is 6.37. The van der Waals surface area contributed by atoms with Crippen molar-refractivity contribution >= 4 is 39.1 Å². The molecule has 0 aliphatic carbocycles. The molecule has 202 valence electrons. The number of para-hydroxylation sites is 6. The lowest BCUT2D eigenvalue weighted by atomic mass is 10.1. The zero-order chi connectivity index (χ0) is 28.3. The third-order valence-electron chi connectivity index (χ3n) is 8.25. The molecule has 3 heterocycles. The van der Waals surface area contributed by atoms with E-state index in [1.807, 2.05) is 18.2 Å². The number of imidazole rings is 2. The van der Waals surface area contributed by atoms with Crippen molar-refractivity contribution in [2.75, 3.05) is 4.90 Å². The first-order valence-electron chi connectivity index (χ1n) is 14.4. The molecule has 5 heteroatoms. The summed E-state index contributed by atoms with van der Waals surface area (Å²) in [5.74, 6) is 1.87. The number of aromatic nitrogens is 4. The monoisotopic (exact) mass is 551 g/mol. The number of hydrogen-bond acceptors (Lipinski definition) is 3. The first-order chi connectivity index (χ1) is 21.3. The van der Waals surface area contributed by atoms with Gasteiger partial charge in [0.1, 0.15) is 11.6 Å². The van der Waals surface area contributed by atoms with E-state index < -0.39 is 0 Å². The van der Waals surface area contributed by atoms with Crippen molar-refractivity contribution in [2.45, 2.75) is 0 Å². The Labute approximate surface area is 248 Å². The molecule has 5 nitrogen and oxygen atoms in total. The lowest BCUT2D eigenvalue weighted by molar-refractivity contribution is 1.06. The maximum absolute atomic E-state index is 5.12. The van der Waals surface area contributed by atoms with Gasteiger partial charge in [0.2, 0.25) is 0 Å². The topological polar surface area (TPSA) is 38.9 Å². The number of hydrogen-bond donors (Lipinski definition) is 0. The predicted octanol–water partition coefficient (Wildman–Crippen LogP) is 9.48. The third kappa shape index (κ3) is 3.58. The second-order valence-electron chi connectivity index (χ2n) is 10.7. The maximum Gasteiger partial charge on any atom is 0.145 e. The minimum absolute atomic E-state index is 0.922. The predicted molar refractivity (Wildman–Crippen MR) is 175 cm³/mol. The molecule has 0 radical (unpaired) electrons. The Morgan fingerprint density at radius 1 is 0.372 bits per heavy atom. The average Bonchev–Trinajstić information content (AvgIpc) is 3.67. The molecule has 9 rings (SSSR count). The molecule has 0 saturated heterocycles. The highest BCUT2D eigenvalue weighted by atomic mass is 15.2. The van der Waals surface area contributed by atoms with Gasteiger partial charge in [-0.15, -0.1) is 0 Å². The summed E-state index contributed by atoms with van der Waals surface area (Å²) in [5, 5.41) is 0. The van der Waals surface area contributed by atoms with E-state index in [0.29, 0.717) is 0 Å². The first-order valence-corrected chi connectivity index (χ1v) is 14.4. The summed E-state index contributed by atoms with van der Waals surface area (Å²) in [6.45, 7) is 0. The second kappa shape index (κ2) is 9.29. The van der Waals surface area contributed by atoms with E-state index in [0.717, 1.165) is 73.3 Å². The lowest BCUT2D eigenvalue weighted by Gasteiger charge is -2.33. The van der Waals surface area contributed by atoms with Gasteiger partial charge in [-0.25, -0.2) is 9.97 Å². The smallest absolute Gasteiger partial charge is 0.145 e. The van der Waals surface area contributed by atoms with Gasteiger partial charge in [0.25, 0.3) is 0 Å².